The Kier molecular flexibility index (Phi) is 5.42. The maximum atomic E-state index is 13.7. The van der Waals surface area contributed by atoms with Gasteiger partial charge in [0.1, 0.15) is 0 Å². The highest BCUT2D eigenvalue weighted by molar-refractivity contribution is 9.10. The SMILES string of the molecule is CC(C)(C)c1ccccc1NC(=O)COc1ccc(Br)cc1F. The number of amides is 1. The van der Waals surface area contributed by atoms with Gasteiger partial charge < -0.3 is 10.1 Å². The van der Waals surface area contributed by atoms with Crippen molar-refractivity contribution in [2.24, 2.45) is 0 Å². The molecule has 0 radical (unpaired) electrons. The highest BCUT2D eigenvalue weighted by atomic mass is 79.9. The lowest BCUT2D eigenvalue weighted by atomic mass is 9.86. The van der Waals surface area contributed by atoms with Crippen molar-refractivity contribution >= 4 is 27.5 Å². The summed E-state index contributed by atoms with van der Waals surface area (Å²) in [7, 11) is 0. The Bertz CT molecular complexity index is 710. The fraction of sp³-hybridized carbons (Fsp3) is 0.278. The van der Waals surface area contributed by atoms with Crippen LogP contribution in [0.2, 0.25) is 0 Å². The van der Waals surface area contributed by atoms with Gasteiger partial charge in [0.05, 0.1) is 0 Å². The van der Waals surface area contributed by atoms with Crippen LogP contribution in [0, 0.1) is 5.82 Å². The number of hydrogen-bond acceptors (Lipinski definition) is 2. The summed E-state index contributed by atoms with van der Waals surface area (Å²) >= 11 is 3.17. The van der Waals surface area contributed by atoms with E-state index in [2.05, 4.69) is 42.0 Å². The van der Waals surface area contributed by atoms with Crippen molar-refractivity contribution in [2.45, 2.75) is 26.2 Å². The molecular formula is C18H19BrFNO2. The van der Waals surface area contributed by atoms with E-state index in [1.165, 1.54) is 12.1 Å². The molecule has 0 unspecified atom stereocenters. The fourth-order valence-corrected chi connectivity index (χ4v) is 2.50. The summed E-state index contributed by atoms with van der Waals surface area (Å²) in [6.07, 6.45) is 0. The van der Waals surface area contributed by atoms with E-state index in [0.29, 0.717) is 4.47 Å². The summed E-state index contributed by atoms with van der Waals surface area (Å²) < 4.78 is 19.5. The van der Waals surface area contributed by atoms with E-state index < -0.39 is 5.82 Å². The van der Waals surface area contributed by atoms with Crippen LogP contribution < -0.4 is 10.1 Å². The first-order valence-corrected chi connectivity index (χ1v) is 8.04. The van der Waals surface area contributed by atoms with E-state index in [-0.39, 0.29) is 23.7 Å². The molecule has 1 amide bonds. The quantitative estimate of drug-likeness (QED) is 0.819. The molecule has 2 aromatic carbocycles. The summed E-state index contributed by atoms with van der Waals surface area (Å²) in [4.78, 5) is 12.1. The van der Waals surface area contributed by atoms with Gasteiger partial charge in [0.15, 0.2) is 18.2 Å². The smallest absolute Gasteiger partial charge is 0.262 e. The van der Waals surface area contributed by atoms with Crippen molar-refractivity contribution in [3.63, 3.8) is 0 Å². The van der Waals surface area contributed by atoms with Crippen molar-refractivity contribution < 1.29 is 13.9 Å². The van der Waals surface area contributed by atoms with E-state index in [1.54, 1.807) is 6.07 Å². The van der Waals surface area contributed by atoms with Gasteiger partial charge in [0, 0.05) is 10.2 Å². The van der Waals surface area contributed by atoms with Crippen LogP contribution in [-0.2, 0) is 10.2 Å². The largest absolute Gasteiger partial charge is 0.481 e. The first-order chi connectivity index (χ1) is 10.8. The molecule has 0 bridgehead atoms. The van der Waals surface area contributed by atoms with E-state index >= 15 is 0 Å². The molecule has 0 saturated heterocycles. The lowest BCUT2D eigenvalue weighted by molar-refractivity contribution is -0.118. The second-order valence-corrected chi connectivity index (χ2v) is 7.12. The average molecular weight is 380 g/mol. The van der Waals surface area contributed by atoms with Crippen LogP contribution in [0.15, 0.2) is 46.9 Å². The Morgan fingerprint density at radius 3 is 2.57 bits per heavy atom. The third-order valence-electron chi connectivity index (χ3n) is 3.26. The standard InChI is InChI=1S/C18H19BrFNO2/c1-18(2,3)13-6-4-5-7-15(13)21-17(22)11-23-16-9-8-12(19)10-14(16)20/h4-10H,11H2,1-3H3,(H,21,22). The van der Waals surface area contributed by atoms with Crippen LogP contribution in [0.3, 0.4) is 0 Å². The zero-order valence-electron chi connectivity index (χ0n) is 13.3. The van der Waals surface area contributed by atoms with Crippen LogP contribution in [0.4, 0.5) is 10.1 Å². The molecule has 1 N–H and O–H groups in total. The maximum absolute atomic E-state index is 13.7. The van der Waals surface area contributed by atoms with Crippen LogP contribution in [-0.4, -0.2) is 12.5 Å². The molecule has 2 rings (SSSR count). The van der Waals surface area contributed by atoms with Gasteiger partial charge in [-0.25, -0.2) is 4.39 Å². The molecule has 0 heterocycles. The molecule has 0 aliphatic rings. The lowest BCUT2D eigenvalue weighted by Crippen LogP contribution is -2.23. The van der Waals surface area contributed by atoms with Crippen LogP contribution >= 0.6 is 15.9 Å². The summed E-state index contributed by atoms with van der Waals surface area (Å²) in [5.41, 5.74) is 1.68. The summed E-state index contributed by atoms with van der Waals surface area (Å²) in [6, 6.07) is 12.1. The highest BCUT2D eigenvalue weighted by Crippen LogP contribution is 2.29. The minimum Gasteiger partial charge on any atom is -0.481 e. The number of carbonyl (C=O) groups excluding carboxylic acids is 1. The Balaban J connectivity index is 2.03. The number of benzene rings is 2. The number of rotatable bonds is 4. The van der Waals surface area contributed by atoms with Crippen LogP contribution in [0.1, 0.15) is 26.3 Å². The van der Waals surface area contributed by atoms with Crippen molar-refractivity contribution in [3.05, 3.63) is 58.3 Å². The topological polar surface area (TPSA) is 38.3 Å². The number of nitrogens with one attached hydrogen (secondary N) is 1. The van der Waals surface area contributed by atoms with Crippen molar-refractivity contribution in [1.82, 2.24) is 0 Å². The van der Waals surface area contributed by atoms with E-state index in [0.717, 1.165) is 11.3 Å². The van der Waals surface area contributed by atoms with E-state index in [1.807, 2.05) is 24.3 Å². The van der Waals surface area contributed by atoms with Gasteiger partial charge in [0.2, 0.25) is 0 Å². The molecule has 122 valence electrons. The number of para-hydroxylation sites is 1. The molecule has 0 saturated carbocycles. The molecule has 2 aromatic rings. The van der Waals surface area contributed by atoms with Crippen molar-refractivity contribution in [3.8, 4) is 5.75 Å². The van der Waals surface area contributed by atoms with Crippen LogP contribution in [0.25, 0.3) is 0 Å². The Morgan fingerprint density at radius 2 is 1.91 bits per heavy atom. The van der Waals surface area contributed by atoms with Gasteiger partial charge >= 0.3 is 0 Å². The van der Waals surface area contributed by atoms with E-state index in [4.69, 9.17) is 4.74 Å². The zero-order chi connectivity index (χ0) is 17.0. The lowest BCUT2D eigenvalue weighted by Gasteiger charge is -2.23. The number of anilines is 1. The highest BCUT2D eigenvalue weighted by Gasteiger charge is 2.18. The summed E-state index contributed by atoms with van der Waals surface area (Å²) in [5.74, 6) is -0.793. The predicted molar refractivity (Wildman–Crippen MR) is 93.4 cm³/mol. The summed E-state index contributed by atoms with van der Waals surface area (Å²) in [6.45, 7) is 5.97. The zero-order valence-corrected chi connectivity index (χ0v) is 14.9. The minimum atomic E-state index is -0.512. The number of halogens is 2. The van der Waals surface area contributed by atoms with Gasteiger partial charge in [-0.2, -0.15) is 0 Å². The monoisotopic (exact) mass is 379 g/mol. The number of carbonyl (C=O) groups is 1. The molecule has 0 aromatic heterocycles. The molecule has 23 heavy (non-hydrogen) atoms. The number of ether oxygens (including phenoxy) is 1. The third-order valence-corrected chi connectivity index (χ3v) is 3.76. The molecule has 0 aliphatic heterocycles. The molecule has 0 aliphatic carbocycles. The minimum absolute atomic E-state index is 0.0486. The van der Waals surface area contributed by atoms with Gasteiger partial charge in [-0.1, -0.05) is 54.9 Å². The second-order valence-electron chi connectivity index (χ2n) is 6.21. The average Bonchev–Trinajstić information content (AvgIpc) is 2.46. The first-order valence-electron chi connectivity index (χ1n) is 7.24. The molecule has 3 nitrogen and oxygen atoms in total. The fourth-order valence-electron chi connectivity index (χ4n) is 2.17. The molecule has 0 spiro atoms. The number of hydrogen-bond donors (Lipinski definition) is 1. The van der Waals surface area contributed by atoms with Crippen molar-refractivity contribution in [1.29, 1.82) is 0 Å². The normalized spacial score (nSPS) is 11.2. The summed E-state index contributed by atoms with van der Waals surface area (Å²) in [5, 5.41) is 2.82. The second kappa shape index (κ2) is 7.13. The Labute approximate surface area is 144 Å². The first kappa shape index (κ1) is 17.5. The molecular weight excluding hydrogens is 361 g/mol. The maximum Gasteiger partial charge on any atom is 0.262 e. The molecule has 0 atom stereocenters. The van der Waals surface area contributed by atoms with Gasteiger partial charge in [0.25, 0.3) is 5.91 Å². The van der Waals surface area contributed by atoms with Crippen molar-refractivity contribution in [2.75, 3.05) is 11.9 Å². The van der Waals surface area contributed by atoms with Gasteiger partial charge in [-0.15, -0.1) is 0 Å². The Hall–Kier alpha value is -1.88. The molecule has 0 fully saturated rings. The van der Waals surface area contributed by atoms with Gasteiger partial charge in [-0.3, -0.25) is 4.79 Å². The third kappa shape index (κ3) is 4.79. The Morgan fingerprint density at radius 1 is 1.22 bits per heavy atom. The van der Waals surface area contributed by atoms with Crippen LogP contribution in [0.5, 0.6) is 5.75 Å². The predicted octanol–water partition coefficient (Wildman–Crippen LogP) is 4.90. The van der Waals surface area contributed by atoms with E-state index in [9.17, 15) is 9.18 Å². The molecule has 5 heteroatoms. The van der Waals surface area contributed by atoms with Gasteiger partial charge in [-0.05, 0) is 35.2 Å².